The molecule has 0 N–H and O–H groups in total. The number of halogens is 5. The number of sulfonamides is 1. The Bertz CT molecular complexity index is 1280. The Labute approximate surface area is 211 Å². The first-order valence-electron chi connectivity index (χ1n) is 11.1. The van der Waals surface area contributed by atoms with Crippen LogP contribution in [0, 0.1) is 23.3 Å². The quantitative estimate of drug-likeness (QED) is 0.369. The second-order valence-electron chi connectivity index (χ2n) is 8.36. The molecule has 0 bridgehead atoms. The molecule has 0 saturated carbocycles. The van der Waals surface area contributed by atoms with Gasteiger partial charge in [0, 0.05) is 49.4 Å². The van der Waals surface area contributed by atoms with Crippen molar-refractivity contribution in [2.24, 2.45) is 0 Å². The highest BCUT2D eigenvalue weighted by Gasteiger charge is 2.30. The molecule has 1 heterocycles. The summed E-state index contributed by atoms with van der Waals surface area (Å²) in [5, 5.41) is 0.519. The molecule has 192 valence electrons. The number of benzene rings is 3. The average molecular weight is 543 g/mol. The zero-order valence-corrected chi connectivity index (χ0v) is 20.6. The van der Waals surface area contributed by atoms with Crippen molar-refractivity contribution in [3.63, 3.8) is 0 Å². The van der Waals surface area contributed by atoms with E-state index in [0.717, 1.165) is 29.8 Å². The van der Waals surface area contributed by atoms with Crippen LogP contribution < -0.4 is 0 Å². The highest BCUT2D eigenvalue weighted by Crippen LogP contribution is 2.26. The van der Waals surface area contributed by atoms with Gasteiger partial charge in [-0.05, 0) is 42.0 Å². The van der Waals surface area contributed by atoms with Gasteiger partial charge < -0.3 is 4.74 Å². The number of ether oxygens (including phenoxy) is 1. The maximum Gasteiger partial charge on any atom is 0.243 e. The third-order valence-electron chi connectivity index (χ3n) is 5.96. The lowest BCUT2D eigenvalue weighted by Gasteiger charge is -2.36. The molecular weight excluding hydrogens is 520 g/mol. The van der Waals surface area contributed by atoms with Gasteiger partial charge in [0.05, 0.1) is 17.6 Å². The van der Waals surface area contributed by atoms with Crippen LogP contribution in [0.5, 0.6) is 0 Å². The van der Waals surface area contributed by atoms with Crippen molar-refractivity contribution >= 4 is 21.6 Å². The highest BCUT2D eigenvalue weighted by atomic mass is 35.5. The van der Waals surface area contributed by atoms with E-state index in [9.17, 15) is 26.0 Å². The summed E-state index contributed by atoms with van der Waals surface area (Å²) in [4.78, 5) is 1.51. The summed E-state index contributed by atoms with van der Waals surface area (Å²) in [6, 6.07) is 12.6. The predicted molar refractivity (Wildman–Crippen MR) is 127 cm³/mol. The second kappa shape index (κ2) is 11.3. The molecule has 11 heteroatoms. The molecule has 1 aliphatic heterocycles. The molecule has 1 atom stereocenters. The van der Waals surface area contributed by atoms with Crippen LogP contribution >= 0.6 is 11.6 Å². The van der Waals surface area contributed by atoms with Gasteiger partial charge in [-0.2, -0.15) is 4.31 Å². The SMILES string of the molecule is O=S(=O)(c1cc(F)cc(F)c1)N1CCN(C[C@H](OCc2c(F)cccc2F)c2ccc(Cl)cc2)CC1. The largest absolute Gasteiger partial charge is 0.367 e. The Balaban J connectivity index is 1.45. The lowest BCUT2D eigenvalue weighted by atomic mass is 10.1. The van der Waals surface area contributed by atoms with E-state index in [1.54, 1.807) is 24.3 Å². The Morgan fingerprint density at radius 3 is 2.03 bits per heavy atom. The van der Waals surface area contributed by atoms with Crippen LogP contribution in [0.1, 0.15) is 17.2 Å². The van der Waals surface area contributed by atoms with Crippen LogP contribution in [0.2, 0.25) is 5.02 Å². The van der Waals surface area contributed by atoms with Gasteiger partial charge in [0.25, 0.3) is 0 Å². The summed E-state index contributed by atoms with van der Waals surface area (Å²) >= 11 is 5.99. The van der Waals surface area contributed by atoms with Crippen molar-refractivity contribution < 1.29 is 30.7 Å². The summed E-state index contributed by atoms with van der Waals surface area (Å²) in [6.45, 7) is 0.841. The Morgan fingerprint density at radius 1 is 0.861 bits per heavy atom. The lowest BCUT2D eigenvalue weighted by molar-refractivity contribution is 0.00546. The molecule has 3 aromatic rings. The molecule has 1 fully saturated rings. The van der Waals surface area contributed by atoms with E-state index in [1.807, 2.05) is 4.90 Å². The van der Waals surface area contributed by atoms with E-state index in [-0.39, 0.29) is 25.3 Å². The molecule has 0 unspecified atom stereocenters. The zero-order valence-electron chi connectivity index (χ0n) is 19.0. The summed E-state index contributed by atoms with van der Waals surface area (Å²) in [5.74, 6) is -3.36. The number of hydrogen-bond acceptors (Lipinski definition) is 4. The van der Waals surface area contributed by atoms with E-state index in [0.29, 0.717) is 30.7 Å². The molecule has 0 radical (unpaired) electrons. The fraction of sp³-hybridized carbons (Fsp3) is 0.280. The molecule has 0 spiro atoms. The van der Waals surface area contributed by atoms with Crippen molar-refractivity contribution in [2.45, 2.75) is 17.6 Å². The van der Waals surface area contributed by atoms with Gasteiger partial charge in [-0.3, -0.25) is 4.90 Å². The molecule has 1 saturated heterocycles. The van der Waals surface area contributed by atoms with Crippen LogP contribution in [0.3, 0.4) is 0 Å². The van der Waals surface area contributed by atoms with Crippen molar-refractivity contribution in [3.8, 4) is 0 Å². The van der Waals surface area contributed by atoms with Gasteiger partial charge in [0.1, 0.15) is 23.3 Å². The molecule has 0 aromatic heterocycles. The molecule has 4 rings (SSSR count). The Hall–Kier alpha value is -2.50. The first-order chi connectivity index (χ1) is 17.1. The fourth-order valence-corrected chi connectivity index (χ4v) is 5.59. The third-order valence-corrected chi connectivity index (χ3v) is 8.09. The number of piperazine rings is 1. The van der Waals surface area contributed by atoms with Gasteiger partial charge in [-0.15, -0.1) is 0 Å². The smallest absolute Gasteiger partial charge is 0.243 e. The summed E-state index contributed by atoms with van der Waals surface area (Å²) in [7, 11) is -4.07. The number of nitrogens with zero attached hydrogens (tertiary/aromatic N) is 2. The van der Waals surface area contributed by atoms with E-state index in [4.69, 9.17) is 16.3 Å². The van der Waals surface area contributed by atoms with Gasteiger partial charge in [-0.1, -0.05) is 29.8 Å². The maximum absolute atomic E-state index is 14.1. The first kappa shape index (κ1) is 26.6. The van der Waals surface area contributed by atoms with E-state index in [2.05, 4.69) is 0 Å². The topological polar surface area (TPSA) is 49.9 Å². The van der Waals surface area contributed by atoms with Crippen LogP contribution in [0.4, 0.5) is 17.6 Å². The predicted octanol–water partition coefficient (Wildman–Crippen LogP) is 5.16. The minimum Gasteiger partial charge on any atom is -0.367 e. The highest BCUT2D eigenvalue weighted by molar-refractivity contribution is 7.89. The molecule has 0 aliphatic carbocycles. The normalized spacial score (nSPS) is 16.2. The lowest BCUT2D eigenvalue weighted by Crippen LogP contribution is -2.49. The van der Waals surface area contributed by atoms with Gasteiger partial charge in [0.15, 0.2) is 0 Å². The van der Waals surface area contributed by atoms with E-state index < -0.39 is 44.3 Å². The molecular formula is C25H23ClF4N2O3S. The van der Waals surface area contributed by atoms with E-state index in [1.165, 1.54) is 10.4 Å². The van der Waals surface area contributed by atoms with Crippen LogP contribution in [0.15, 0.2) is 65.6 Å². The average Bonchev–Trinajstić information content (AvgIpc) is 2.83. The monoisotopic (exact) mass is 542 g/mol. The van der Waals surface area contributed by atoms with Crippen molar-refractivity contribution in [1.82, 2.24) is 9.21 Å². The molecule has 3 aromatic carbocycles. The van der Waals surface area contributed by atoms with E-state index >= 15 is 0 Å². The Morgan fingerprint density at radius 2 is 1.44 bits per heavy atom. The molecule has 0 amide bonds. The number of hydrogen-bond donors (Lipinski definition) is 0. The molecule has 5 nitrogen and oxygen atoms in total. The van der Waals surface area contributed by atoms with Crippen LogP contribution in [-0.2, 0) is 21.4 Å². The van der Waals surface area contributed by atoms with Crippen molar-refractivity contribution in [3.05, 3.63) is 100 Å². The Kier molecular flexibility index (Phi) is 8.31. The minimum atomic E-state index is -4.07. The summed E-state index contributed by atoms with van der Waals surface area (Å²) in [6.07, 6.45) is -0.582. The van der Waals surface area contributed by atoms with Crippen molar-refractivity contribution in [2.75, 3.05) is 32.7 Å². The van der Waals surface area contributed by atoms with Gasteiger partial charge >= 0.3 is 0 Å². The first-order valence-corrected chi connectivity index (χ1v) is 12.9. The fourth-order valence-electron chi connectivity index (χ4n) is 4.00. The van der Waals surface area contributed by atoms with Gasteiger partial charge in [-0.25, -0.2) is 26.0 Å². The summed E-state index contributed by atoms with van der Waals surface area (Å²) < 4.78 is 88.2. The zero-order chi connectivity index (χ0) is 25.9. The molecule has 36 heavy (non-hydrogen) atoms. The van der Waals surface area contributed by atoms with Crippen molar-refractivity contribution in [1.29, 1.82) is 0 Å². The third kappa shape index (κ3) is 6.24. The minimum absolute atomic E-state index is 0.0930. The van der Waals surface area contributed by atoms with Crippen LogP contribution in [-0.4, -0.2) is 50.3 Å². The van der Waals surface area contributed by atoms with Crippen LogP contribution in [0.25, 0.3) is 0 Å². The molecule has 1 aliphatic rings. The summed E-state index contributed by atoms with van der Waals surface area (Å²) in [5.41, 5.74) is 0.552. The van der Waals surface area contributed by atoms with Gasteiger partial charge in [0.2, 0.25) is 10.0 Å². The second-order valence-corrected chi connectivity index (χ2v) is 10.7. The maximum atomic E-state index is 14.1. The number of rotatable bonds is 8. The standard InChI is InChI=1S/C25H23ClF4N2O3S/c26-18-6-4-17(5-7-18)25(35-16-22-23(29)2-1-3-24(22)30)15-31-8-10-32(11-9-31)36(33,34)21-13-19(27)12-20(28)14-21/h1-7,12-14,25H,8-11,15-16H2/t25-/m0/s1.